The van der Waals surface area contributed by atoms with Crippen molar-refractivity contribution in [3.63, 3.8) is 0 Å². The first-order chi connectivity index (χ1) is 15.4. The molecule has 0 radical (unpaired) electrons. The molecular formula is C25H29Cl3N2O2. The third kappa shape index (κ3) is 6.63. The molecule has 3 rings (SSSR count). The Balaban J connectivity index is 1.79. The van der Waals surface area contributed by atoms with Gasteiger partial charge < -0.3 is 10.2 Å². The van der Waals surface area contributed by atoms with Crippen LogP contribution in [-0.2, 0) is 22.6 Å². The molecule has 1 atom stereocenters. The lowest BCUT2D eigenvalue weighted by molar-refractivity contribution is -0.141. The summed E-state index contributed by atoms with van der Waals surface area (Å²) in [6.07, 6.45) is 5.55. The summed E-state index contributed by atoms with van der Waals surface area (Å²) in [6.45, 7) is 2.22. The zero-order valence-electron chi connectivity index (χ0n) is 18.3. The van der Waals surface area contributed by atoms with Gasteiger partial charge in [0.2, 0.25) is 11.8 Å². The second-order valence-corrected chi connectivity index (χ2v) is 9.50. The summed E-state index contributed by atoms with van der Waals surface area (Å²) in [5.74, 6) is -0.185. The molecule has 0 spiro atoms. The second kappa shape index (κ2) is 11.9. The van der Waals surface area contributed by atoms with Crippen molar-refractivity contribution in [2.75, 3.05) is 0 Å². The fraction of sp³-hybridized carbons (Fsp3) is 0.440. The fourth-order valence-electron chi connectivity index (χ4n) is 4.21. The lowest BCUT2D eigenvalue weighted by atomic mass is 10.1. The summed E-state index contributed by atoms with van der Waals surface area (Å²) >= 11 is 18.5. The lowest BCUT2D eigenvalue weighted by Gasteiger charge is -2.31. The number of nitrogens with one attached hydrogen (secondary N) is 1. The van der Waals surface area contributed by atoms with E-state index < -0.39 is 6.04 Å². The molecule has 2 amide bonds. The van der Waals surface area contributed by atoms with Gasteiger partial charge in [0.1, 0.15) is 6.04 Å². The number of hydrogen-bond donors (Lipinski definition) is 1. The van der Waals surface area contributed by atoms with Gasteiger partial charge in [0.15, 0.2) is 0 Å². The predicted octanol–water partition coefficient (Wildman–Crippen LogP) is 6.45. The molecular weight excluding hydrogens is 467 g/mol. The molecule has 0 saturated heterocycles. The Morgan fingerprint density at radius 3 is 2.41 bits per heavy atom. The Morgan fingerprint density at radius 1 is 1.03 bits per heavy atom. The summed E-state index contributed by atoms with van der Waals surface area (Å²) in [7, 11) is 0. The average Bonchev–Trinajstić information content (AvgIpc) is 3.28. The highest BCUT2D eigenvalue weighted by molar-refractivity contribution is 6.42. The van der Waals surface area contributed by atoms with E-state index in [0.717, 1.165) is 36.8 Å². The van der Waals surface area contributed by atoms with Gasteiger partial charge in [-0.05, 0) is 55.0 Å². The van der Waals surface area contributed by atoms with Gasteiger partial charge in [0, 0.05) is 24.0 Å². The van der Waals surface area contributed by atoms with E-state index in [4.69, 9.17) is 34.8 Å². The maximum Gasteiger partial charge on any atom is 0.243 e. The highest BCUT2D eigenvalue weighted by Crippen LogP contribution is 2.25. The van der Waals surface area contributed by atoms with Crippen molar-refractivity contribution in [1.29, 1.82) is 0 Å². The largest absolute Gasteiger partial charge is 0.352 e. The summed E-state index contributed by atoms with van der Waals surface area (Å²) in [5, 5.41) is 4.68. The number of nitrogens with zero attached hydrogens (tertiary/aromatic N) is 1. The van der Waals surface area contributed by atoms with Crippen LogP contribution in [0, 0.1) is 0 Å². The Labute approximate surface area is 205 Å². The van der Waals surface area contributed by atoms with Crippen LogP contribution in [0.25, 0.3) is 0 Å². The van der Waals surface area contributed by atoms with Gasteiger partial charge in [-0.3, -0.25) is 9.59 Å². The van der Waals surface area contributed by atoms with Gasteiger partial charge in [0.25, 0.3) is 0 Å². The molecule has 1 aliphatic carbocycles. The summed E-state index contributed by atoms with van der Waals surface area (Å²) in [5.41, 5.74) is 1.75. The fourth-order valence-corrected chi connectivity index (χ4v) is 4.76. The highest BCUT2D eigenvalue weighted by atomic mass is 35.5. The maximum atomic E-state index is 13.4. The quantitative estimate of drug-likeness (QED) is 0.435. The molecule has 172 valence electrons. The number of amides is 2. The van der Waals surface area contributed by atoms with Crippen molar-refractivity contribution in [3.05, 3.63) is 68.7 Å². The van der Waals surface area contributed by atoms with Crippen LogP contribution in [0.1, 0.15) is 56.6 Å². The van der Waals surface area contributed by atoms with E-state index in [1.54, 1.807) is 17.0 Å². The van der Waals surface area contributed by atoms with Crippen LogP contribution in [0.15, 0.2) is 42.5 Å². The van der Waals surface area contributed by atoms with E-state index in [-0.39, 0.29) is 30.8 Å². The number of carbonyl (C=O) groups is 2. The van der Waals surface area contributed by atoms with Crippen molar-refractivity contribution in [2.45, 2.75) is 70.5 Å². The smallest absolute Gasteiger partial charge is 0.243 e. The number of aryl methyl sites for hydroxylation is 1. The monoisotopic (exact) mass is 494 g/mol. The third-order valence-corrected chi connectivity index (χ3v) is 7.10. The molecule has 0 aliphatic heterocycles. The second-order valence-electron chi connectivity index (χ2n) is 8.28. The van der Waals surface area contributed by atoms with Crippen molar-refractivity contribution in [1.82, 2.24) is 10.2 Å². The molecule has 2 aromatic carbocycles. The SMILES string of the molecule is CC[C@@H](C(=O)NC1CCCC1)N(Cc1ccc(Cl)c(Cl)c1)C(=O)CCc1ccccc1Cl. The molecule has 2 aromatic rings. The van der Waals surface area contributed by atoms with Crippen LogP contribution in [0.2, 0.25) is 15.1 Å². The number of benzene rings is 2. The minimum Gasteiger partial charge on any atom is -0.352 e. The van der Waals surface area contributed by atoms with Crippen LogP contribution in [0.5, 0.6) is 0 Å². The van der Waals surface area contributed by atoms with Crippen LogP contribution in [0.4, 0.5) is 0 Å². The van der Waals surface area contributed by atoms with E-state index in [1.807, 2.05) is 37.3 Å². The zero-order chi connectivity index (χ0) is 23.1. The van der Waals surface area contributed by atoms with E-state index in [0.29, 0.717) is 27.9 Å². The van der Waals surface area contributed by atoms with Gasteiger partial charge in [-0.2, -0.15) is 0 Å². The van der Waals surface area contributed by atoms with Gasteiger partial charge in [0.05, 0.1) is 10.0 Å². The number of rotatable bonds is 9. The normalized spacial score (nSPS) is 14.9. The topological polar surface area (TPSA) is 49.4 Å². The Morgan fingerprint density at radius 2 is 1.75 bits per heavy atom. The van der Waals surface area contributed by atoms with Gasteiger partial charge in [-0.25, -0.2) is 0 Å². The molecule has 0 heterocycles. The predicted molar refractivity (Wildman–Crippen MR) is 131 cm³/mol. The molecule has 1 aliphatic rings. The Bertz CT molecular complexity index is 945. The van der Waals surface area contributed by atoms with E-state index in [9.17, 15) is 9.59 Å². The van der Waals surface area contributed by atoms with E-state index >= 15 is 0 Å². The Kier molecular flexibility index (Phi) is 9.27. The molecule has 4 nitrogen and oxygen atoms in total. The molecule has 0 bridgehead atoms. The van der Waals surface area contributed by atoms with Crippen molar-refractivity contribution in [2.24, 2.45) is 0 Å². The van der Waals surface area contributed by atoms with Crippen LogP contribution in [-0.4, -0.2) is 28.8 Å². The molecule has 7 heteroatoms. The number of hydrogen-bond acceptors (Lipinski definition) is 2. The van der Waals surface area contributed by atoms with Crippen LogP contribution < -0.4 is 5.32 Å². The van der Waals surface area contributed by atoms with Gasteiger partial charge in [-0.15, -0.1) is 0 Å². The minimum atomic E-state index is -0.552. The van der Waals surface area contributed by atoms with Crippen molar-refractivity contribution >= 4 is 46.6 Å². The summed E-state index contributed by atoms with van der Waals surface area (Å²) in [4.78, 5) is 28.2. The number of halogens is 3. The van der Waals surface area contributed by atoms with E-state index in [2.05, 4.69) is 5.32 Å². The van der Waals surface area contributed by atoms with Crippen molar-refractivity contribution < 1.29 is 9.59 Å². The zero-order valence-corrected chi connectivity index (χ0v) is 20.5. The molecule has 0 aromatic heterocycles. The number of carbonyl (C=O) groups excluding carboxylic acids is 2. The first kappa shape index (κ1) is 24.9. The minimum absolute atomic E-state index is 0.0921. The van der Waals surface area contributed by atoms with Crippen molar-refractivity contribution in [3.8, 4) is 0 Å². The Hall–Kier alpha value is -1.75. The maximum absolute atomic E-state index is 13.4. The molecule has 0 unspecified atom stereocenters. The van der Waals surface area contributed by atoms with Crippen LogP contribution in [0.3, 0.4) is 0 Å². The molecule has 1 N–H and O–H groups in total. The van der Waals surface area contributed by atoms with Gasteiger partial charge in [-0.1, -0.05) is 78.8 Å². The standard InChI is InChI=1S/C25H29Cl3N2O2/c1-2-23(25(32)29-19-8-4-5-9-19)30(16-17-11-13-21(27)22(28)15-17)24(31)14-12-18-7-3-6-10-20(18)26/h3,6-7,10-11,13,15,19,23H,2,4-5,8-9,12,14,16H2,1H3,(H,29,32)/t23-/m0/s1. The van der Waals surface area contributed by atoms with E-state index in [1.165, 1.54) is 0 Å². The highest BCUT2D eigenvalue weighted by Gasteiger charge is 2.30. The van der Waals surface area contributed by atoms with Crippen LogP contribution >= 0.6 is 34.8 Å². The third-order valence-electron chi connectivity index (χ3n) is 5.99. The summed E-state index contributed by atoms with van der Waals surface area (Å²) < 4.78 is 0. The van der Waals surface area contributed by atoms with Gasteiger partial charge >= 0.3 is 0 Å². The first-order valence-electron chi connectivity index (χ1n) is 11.2. The summed E-state index contributed by atoms with van der Waals surface area (Å²) in [6, 6.07) is 12.5. The average molecular weight is 496 g/mol. The molecule has 1 saturated carbocycles. The molecule has 32 heavy (non-hydrogen) atoms. The molecule has 1 fully saturated rings. The first-order valence-corrected chi connectivity index (χ1v) is 12.3. The lowest BCUT2D eigenvalue weighted by Crippen LogP contribution is -2.51.